The fourth-order valence-electron chi connectivity index (χ4n) is 1.93. The van der Waals surface area contributed by atoms with Crippen molar-refractivity contribution in [2.75, 3.05) is 26.5 Å². The largest absolute Gasteiger partial charge is 0.490 e. The molecule has 0 aliphatic rings. The van der Waals surface area contributed by atoms with E-state index in [4.69, 9.17) is 9.84 Å². The maximum Gasteiger partial charge on any atom is 0.311 e. The lowest BCUT2D eigenvalue weighted by Gasteiger charge is -2.16. The summed E-state index contributed by atoms with van der Waals surface area (Å²) >= 11 is 1.35. The lowest BCUT2D eigenvalue weighted by Crippen LogP contribution is -2.29. The van der Waals surface area contributed by atoms with Gasteiger partial charge >= 0.3 is 11.7 Å². The van der Waals surface area contributed by atoms with E-state index in [9.17, 15) is 19.7 Å². The molecule has 1 rings (SSSR count). The van der Waals surface area contributed by atoms with Crippen LogP contribution in [0.4, 0.5) is 5.69 Å². The molecule has 0 aliphatic carbocycles. The molecule has 8 nitrogen and oxygen atoms in total. The lowest BCUT2D eigenvalue weighted by molar-refractivity contribution is -0.385. The van der Waals surface area contributed by atoms with Gasteiger partial charge in [-0.3, -0.25) is 19.7 Å². The number of carboxylic acids is 1. The molecule has 0 aromatic heterocycles. The Kier molecular flexibility index (Phi) is 8.03. The van der Waals surface area contributed by atoms with Crippen LogP contribution in [0.15, 0.2) is 18.2 Å². The number of ether oxygens (including phenoxy) is 1. The highest BCUT2D eigenvalue weighted by molar-refractivity contribution is 7.99. The van der Waals surface area contributed by atoms with Crippen LogP contribution in [-0.4, -0.2) is 53.3 Å². The molecule has 24 heavy (non-hydrogen) atoms. The van der Waals surface area contributed by atoms with Crippen molar-refractivity contribution in [3.63, 3.8) is 0 Å². The Labute approximate surface area is 143 Å². The lowest BCUT2D eigenvalue weighted by atomic mass is 10.2. The molecule has 1 aromatic carbocycles. The minimum absolute atomic E-state index is 0.0281. The number of aliphatic carboxylic acids is 1. The highest BCUT2D eigenvalue weighted by Crippen LogP contribution is 2.28. The SMILES string of the molecule is COc1ccc(CSCC(=O)N(C)CCCC(=O)O)cc1[N+](=O)[O-]. The van der Waals surface area contributed by atoms with Crippen LogP contribution in [0.5, 0.6) is 5.75 Å². The second kappa shape index (κ2) is 9.76. The number of amides is 1. The molecule has 0 bridgehead atoms. The first-order chi connectivity index (χ1) is 11.3. The van der Waals surface area contributed by atoms with Crippen molar-refractivity contribution in [2.45, 2.75) is 18.6 Å². The summed E-state index contributed by atoms with van der Waals surface area (Å²) < 4.78 is 4.94. The van der Waals surface area contributed by atoms with Gasteiger partial charge in [-0.05, 0) is 18.1 Å². The van der Waals surface area contributed by atoms with Gasteiger partial charge in [0.25, 0.3) is 0 Å². The number of carbonyl (C=O) groups is 2. The maximum absolute atomic E-state index is 11.9. The number of thioether (sulfide) groups is 1. The van der Waals surface area contributed by atoms with E-state index in [0.717, 1.165) is 5.56 Å². The fraction of sp³-hybridized carbons (Fsp3) is 0.467. The minimum Gasteiger partial charge on any atom is -0.490 e. The summed E-state index contributed by atoms with van der Waals surface area (Å²) in [6.07, 6.45) is 0.438. The van der Waals surface area contributed by atoms with Crippen molar-refractivity contribution in [3.8, 4) is 5.75 Å². The Hall–Kier alpha value is -2.29. The van der Waals surface area contributed by atoms with Gasteiger partial charge in [-0.25, -0.2) is 0 Å². The Bertz CT molecular complexity index is 608. The van der Waals surface area contributed by atoms with Gasteiger partial charge in [0.05, 0.1) is 17.8 Å². The second-order valence-corrected chi connectivity index (χ2v) is 6.05. The van der Waals surface area contributed by atoms with E-state index >= 15 is 0 Å². The topological polar surface area (TPSA) is 110 Å². The van der Waals surface area contributed by atoms with Crippen LogP contribution in [0.25, 0.3) is 0 Å². The predicted octanol–water partition coefficient (Wildman–Crippen LogP) is 2.16. The van der Waals surface area contributed by atoms with Crippen LogP contribution in [0.3, 0.4) is 0 Å². The molecule has 1 N–H and O–H groups in total. The molecule has 0 aliphatic heterocycles. The van der Waals surface area contributed by atoms with Gasteiger partial charge in [0, 0.05) is 31.8 Å². The van der Waals surface area contributed by atoms with Crippen molar-refractivity contribution in [2.24, 2.45) is 0 Å². The molecule has 1 amide bonds. The predicted molar refractivity (Wildman–Crippen MR) is 90.3 cm³/mol. The van der Waals surface area contributed by atoms with Crippen LogP contribution < -0.4 is 4.74 Å². The molecule has 0 saturated carbocycles. The molecule has 1 aromatic rings. The Balaban J connectivity index is 2.46. The molecule has 0 unspecified atom stereocenters. The van der Waals surface area contributed by atoms with E-state index in [1.807, 2.05) is 0 Å². The van der Waals surface area contributed by atoms with Crippen LogP contribution in [-0.2, 0) is 15.3 Å². The molecule has 0 atom stereocenters. The zero-order valence-corrected chi connectivity index (χ0v) is 14.4. The highest BCUT2D eigenvalue weighted by atomic mass is 32.2. The van der Waals surface area contributed by atoms with Crippen LogP contribution >= 0.6 is 11.8 Å². The molecule has 0 heterocycles. The van der Waals surface area contributed by atoms with E-state index < -0.39 is 10.9 Å². The highest BCUT2D eigenvalue weighted by Gasteiger charge is 2.15. The quantitative estimate of drug-likeness (QED) is 0.505. The molecule has 0 saturated heterocycles. The van der Waals surface area contributed by atoms with Crippen LogP contribution in [0.1, 0.15) is 18.4 Å². The van der Waals surface area contributed by atoms with Gasteiger partial charge < -0.3 is 14.7 Å². The third-order valence-corrected chi connectivity index (χ3v) is 4.23. The summed E-state index contributed by atoms with van der Waals surface area (Å²) in [5, 5.41) is 19.5. The van der Waals surface area contributed by atoms with E-state index in [1.54, 1.807) is 13.1 Å². The number of hydrogen-bond donors (Lipinski definition) is 1. The average molecular weight is 356 g/mol. The van der Waals surface area contributed by atoms with Crippen molar-refractivity contribution in [3.05, 3.63) is 33.9 Å². The van der Waals surface area contributed by atoms with Gasteiger partial charge in [-0.1, -0.05) is 6.07 Å². The summed E-state index contributed by atoms with van der Waals surface area (Å²) in [7, 11) is 3.00. The molecule has 0 spiro atoms. The van der Waals surface area contributed by atoms with Gasteiger partial charge in [0.1, 0.15) is 0 Å². The average Bonchev–Trinajstić information content (AvgIpc) is 2.54. The first-order valence-corrected chi connectivity index (χ1v) is 8.35. The number of nitro benzene ring substituents is 1. The fourth-order valence-corrected chi connectivity index (χ4v) is 2.84. The molecule has 0 radical (unpaired) electrons. The first-order valence-electron chi connectivity index (χ1n) is 7.20. The number of carboxylic acid groups (broad SMARTS) is 1. The zero-order valence-electron chi connectivity index (χ0n) is 13.6. The van der Waals surface area contributed by atoms with Crippen LogP contribution in [0.2, 0.25) is 0 Å². The molecule has 132 valence electrons. The van der Waals surface area contributed by atoms with Crippen molar-refractivity contribution in [1.29, 1.82) is 0 Å². The molecular formula is C15H20N2O6S. The Morgan fingerprint density at radius 2 is 2.12 bits per heavy atom. The third kappa shape index (κ3) is 6.45. The van der Waals surface area contributed by atoms with Crippen LogP contribution in [0, 0.1) is 10.1 Å². The van der Waals surface area contributed by atoms with Gasteiger partial charge in [0.2, 0.25) is 5.91 Å². The number of methoxy groups -OCH3 is 1. The van der Waals surface area contributed by atoms with E-state index in [-0.39, 0.29) is 29.5 Å². The number of benzene rings is 1. The third-order valence-electron chi connectivity index (χ3n) is 3.24. The molecular weight excluding hydrogens is 336 g/mol. The summed E-state index contributed by atoms with van der Waals surface area (Å²) in [6.45, 7) is 0.389. The van der Waals surface area contributed by atoms with Gasteiger partial charge in [-0.15, -0.1) is 11.8 Å². The number of nitrogens with zero attached hydrogens (tertiary/aromatic N) is 2. The normalized spacial score (nSPS) is 10.2. The number of hydrogen-bond acceptors (Lipinski definition) is 6. The van der Waals surface area contributed by atoms with Crippen molar-refractivity contribution < 1.29 is 24.4 Å². The standard InChI is InChI=1S/C15H20N2O6S/c1-16(7-3-4-15(19)20)14(18)10-24-9-11-5-6-13(23-2)12(8-11)17(21)22/h5-6,8H,3-4,7,9-10H2,1-2H3,(H,19,20). The smallest absolute Gasteiger partial charge is 0.311 e. The van der Waals surface area contributed by atoms with E-state index in [0.29, 0.717) is 18.7 Å². The second-order valence-electron chi connectivity index (χ2n) is 5.07. The Morgan fingerprint density at radius 1 is 1.42 bits per heavy atom. The Morgan fingerprint density at radius 3 is 2.71 bits per heavy atom. The zero-order chi connectivity index (χ0) is 18.1. The van der Waals surface area contributed by atoms with Crippen molar-refractivity contribution >= 4 is 29.3 Å². The maximum atomic E-state index is 11.9. The summed E-state index contributed by atoms with van der Waals surface area (Å²) in [5.74, 6) is -0.106. The summed E-state index contributed by atoms with van der Waals surface area (Å²) in [4.78, 5) is 34.3. The van der Waals surface area contributed by atoms with Crippen molar-refractivity contribution in [1.82, 2.24) is 4.90 Å². The monoisotopic (exact) mass is 356 g/mol. The van der Waals surface area contributed by atoms with Gasteiger partial charge in [-0.2, -0.15) is 0 Å². The molecule has 9 heteroatoms. The molecule has 0 fully saturated rings. The van der Waals surface area contributed by atoms with E-state index in [1.165, 1.54) is 35.9 Å². The number of nitro groups is 1. The summed E-state index contributed by atoms with van der Waals surface area (Å²) in [5.41, 5.74) is 0.626. The number of rotatable bonds is 10. The number of carbonyl (C=O) groups excluding carboxylic acids is 1. The summed E-state index contributed by atoms with van der Waals surface area (Å²) in [6, 6.07) is 4.70. The van der Waals surface area contributed by atoms with Gasteiger partial charge in [0.15, 0.2) is 5.75 Å². The minimum atomic E-state index is -0.883. The first kappa shape index (κ1) is 19.8. The van der Waals surface area contributed by atoms with E-state index in [2.05, 4.69) is 0 Å².